The van der Waals surface area contributed by atoms with Crippen LogP contribution >= 0.6 is 0 Å². The molecule has 0 spiro atoms. The summed E-state index contributed by atoms with van der Waals surface area (Å²) in [7, 11) is 1.29. The zero-order valence-corrected chi connectivity index (χ0v) is 10.9. The maximum atomic E-state index is 11.9. The van der Waals surface area contributed by atoms with Crippen LogP contribution in [-0.4, -0.2) is 19.1 Å². The standard InChI is InChI=1S/C15H14N2O3/c1-20-14(18)12-9-5-6-10-13(12)17-15(19)16-11-7-3-2-4-8-11/h2-10H,1H3,(H2,16,17,19). The largest absolute Gasteiger partial charge is 0.465 e. The molecule has 0 heterocycles. The molecular weight excluding hydrogens is 256 g/mol. The molecule has 2 aromatic rings. The number of anilines is 2. The molecule has 0 saturated carbocycles. The quantitative estimate of drug-likeness (QED) is 0.842. The van der Waals surface area contributed by atoms with Crippen molar-refractivity contribution in [1.82, 2.24) is 0 Å². The number of hydrogen-bond donors (Lipinski definition) is 2. The predicted octanol–water partition coefficient (Wildman–Crippen LogP) is 3.12. The fourth-order valence-electron chi connectivity index (χ4n) is 1.69. The van der Waals surface area contributed by atoms with E-state index >= 15 is 0 Å². The first-order valence-electron chi connectivity index (χ1n) is 6.01. The lowest BCUT2D eigenvalue weighted by Gasteiger charge is -2.10. The summed E-state index contributed by atoms with van der Waals surface area (Å²) < 4.78 is 4.67. The number of methoxy groups -OCH3 is 1. The highest BCUT2D eigenvalue weighted by molar-refractivity contribution is 6.04. The molecule has 5 nitrogen and oxygen atoms in total. The minimum absolute atomic E-state index is 0.304. The molecule has 102 valence electrons. The van der Waals surface area contributed by atoms with Gasteiger partial charge in [-0.05, 0) is 24.3 Å². The summed E-state index contributed by atoms with van der Waals surface area (Å²) in [5.41, 5.74) is 1.37. The van der Waals surface area contributed by atoms with Crippen LogP contribution in [0, 0.1) is 0 Å². The number of nitrogens with one attached hydrogen (secondary N) is 2. The average Bonchev–Trinajstić information content (AvgIpc) is 2.48. The van der Waals surface area contributed by atoms with Crippen molar-refractivity contribution in [3.63, 3.8) is 0 Å². The van der Waals surface area contributed by atoms with E-state index in [4.69, 9.17) is 0 Å². The Bertz CT molecular complexity index is 612. The Morgan fingerprint density at radius 3 is 2.25 bits per heavy atom. The number of para-hydroxylation sites is 2. The summed E-state index contributed by atoms with van der Waals surface area (Å²) in [6.45, 7) is 0. The van der Waals surface area contributed by atoms with E-state index in [2.05, 4.69) is 15.4 Å². The summed E-state index contributed by atoms with van der Waals surface area (Å²) in [4.78, 5) is 23.5. The third kappa shape index (κ3) is 3.35. The number of esters is 1. The maximum absolute atomic E-state index is 11.9. The van der Waals surface area contributed by atoms with Gasteiger partial charge in [0.2, 0.25) is 0 Å². The molecule has 0 fully saturated rings. The minimum atomic E-state index is -0.499. The number of carbonyl (C=O) groups excluding carboxylic acids is 2. The van der Waals surface area contributed by atoms with E-state index in [0.29, 0.717) is 16.9 Å². The Balaban J connectivity index is 2.10. The smallest absolute Gasteiger partial charge is 0.339 e. The molecule has 2 rings (SSSR count). The second-order valence-corrected chi connectivity index (χ2v) is 3.98. The lowest BCUT2D eigenvalue weighted by atomic mass is 10.2. The van der Waals surface area contributed by atoms with Gasteiger partial charge in [0.05, 0.1) is 18.4 Å². The van der Waals surface area contributed by atoms with E-state index in [1.165, 1.54) is 7.11 Å². The SMILES string of the molecule is COC(=O)c1ccccc1NC(=O)Nc1ccccc1. The summed E-state index contributed by atoms with van der Waals surface area (Å²) >= 11 is 0. The zero-order chi connectivity index (χ0) is 14.4. The molecular formula is C15H14N2O3. The monoisotopic (exact) mass is 270 g/mol. The minimum Gasteiger partial charge on any atom is -0.465 e. The lowest BCUT2D eigenvalue weighted by Crippen LogP contribution is -2.21. The molecule has 0 bridgehead atoms. The average molecular weight is 270 g/mol. The van der Waals surface area contributed by atoms with Crippen molar-refractivity contribution < 1.29 is 14.3 Å². The summed E-state index contributed by atoms with van der Waals surface area (Å²) in [5, 5.41) is 5.30. The van der Waals surface area contributed by atoms with Crippen LogP contribution in [0.1, 0.15) is 10.4 Å². The summed E-state index contributed by atoms with van der Waals surface area (Å²) in [6, 6.07) is 15.3. The highest BCUT2D eigenvalue weighted by Gasteiger charge is 2.12. The van der Waals surface area contributed by atoms with Gasteiger partial charge in [-0.2, -0.15) is 0 Å². The molecule has 20 heavy (non-hydrogen) atoms. The molecule has 0 aromatic heterocycles. The number of amides is 2. The van der Waals surface area contributed by atoms with Gasteiger partial charge in [-0.1, -0.05) is 30.3 Å². The Morgan fingerprint density at radius 2 is 1.55 bits per heavy atom. The molecule has 2 aromatic carbocycles. The Labute approximate surface area is 116 Å². The normalized spacial score (nSPS) is 9.65. The van der Waals surface area contributed by atoms with Crippen LogP contribution < -0.4 is 10.6 Å². The van der Waals surface area contributed by atoms with E-state index in [1.807, 2.05) is 18.2 Å². The molecule has 0 aliphatic rings. The van der Waals surface area contributed by atoms with Gasteiger partial charge in [-0.15, -0.1) is 0 Å². The highest BCUT2D eigenvalue weighted by Crippen LogP contribution is 2.16. The van der Waals surface area contributed by atoms with Crippen LogP contribution in [0.25, 0.3) is 0 Å². The van der Waals surface area contributed by atoms with Crippen LogP contribution in [0.2, 0.25) is 0 Å². The first-order chi connectivity index (χ1) is 9.70. The number of rotatable bonds is 3. The highest BCUT2D eigenvalue weighted by atomic mass is 16.5. The summed E-state index contributed by atoms with van der Waals surface area (Å²) in [6.07, 6.45) is 0. The molecule has 2 amide bonds. The second kappa shape index (κ2) is 6.38. The van der Waals surface area contributed by atoms with Crippen LogP contribution in [-0.2, 0) is 4.74 Å². The van der Waals surface area contributed by atoms with Gasteiger partial charge in [0.15, 0.2) is 0 Å². The fourth-order valence-corrected chi connectivity index (χ4v) is 1.69. The van der Waals surface area contributed by atoms with Gasteiger partial charge in [0.25, 0.3) is 0 Å². The molecule has 0 unspecified atom stereocenters. The molecule has 0 radical (unpaired) electrons. The molecule has 5 heteroatoms. The van der Waals surface area contributed by atoms with E-state index in [9.17, 15) is 9.59 Å². The number of hydrogen-bond acceptors (Lipinski definition) is 3. The predicted molar refractivity (Wildman–Crippen MR) is 76.9 cm³/mol. The third-order valence-electron chi connectivity index (χ3n) is 2.61. The molecule has 0 atom stereocenters. The van der Waals surface area contributed by atoms with Gasteiger partial charge in [-0.3, -0.25) is 0 Å². The fraction of sp³-hybridized carbons (Fsp3) is 0.0667. The molecule has 0 aliphatic carbocycles. The van der Waals surface area contributed by atoms with Crippen LogP contribution in [0.4, 0.5) is 16.2 Å². The number of ether oxygens (including phenoxy) is 1. The third-order valence-corrected chi connectivity index (χ3v) is 2.61. The van der Waals surface area contributed by atoms with Gasteiger partial charge in [0, 0.05) is 5.69 Å². The molecule has 0 aliphatic heterocycles. The first kappa shape index (κ1) is 13.6. The van der Waals surface area contributed by atoms with Gasteiger partial charge in [0.1, 0.15) is 0 Å². The van der Waals surface area contributed by atoms with Crippen LogP contribution in [0.15, 0.2) is 54.6 Å². The van der Waals surface area contributed by atoms with Crippen molar-refractivity contribution in [1.29, 1.82) is 0 Å². The van der Waals surface area contributed by atoms with E-state index in [1.54, 1.807) is 36.4 Å². The maximum Gasteiger partial charge on any atom is 0.339 e. The molecule has 0 saturated heterocycles. The van der Waals surface area contributed by atoms with Crippen molar-refractivity contribution in [2.24, 2.45) is 0 Å². The second-order valence-electron chi connectivity index (χ2n) is 3.98. The van der Waals surface area contributed by atoms with Gasteiger partial charge in [-0.25, -0.2) is 9.59 Å². The van der Waals surface area contributed by atoms with E-state index in [0.717, 1.165) is 0 Å². The Hall–Kier alpha value is -2.82. The number of carbonyl (C=O) groups is 2. The van der Waals surface area contributed by atoms with Crippen molar-refractivity contribution in [2.75, 3.05) is 17.7 Å². The van der Waals surface area contributed by atoms with E-state index < -0.39 is 12.0 Å². The first-order valence-corrected chi connectivity index (χ1v) is 6.01. The van der Waals surface area contributed by atoms with Crippen molar-refractivity contribution >= 4 is 23.4 Å². The van der Waals surface area contributed by atoms with Gasteiger partial charge < -0.3 is 15.4 Å². The Kier molecular flexibility index (Phi) is 4.34. The topological polar surface area (TPSA) is 67.4 Å². The molecule has 2 N–H and O–H groups in total. The Morgan fingerprint density at radius 1 is 0.900 bits per heavy atom. The summed E-state index contributed by atoms with van der Waals surface area (Å²) in [5.74, 6) is -0.499. The van der Waals surface area contributed by atoms with Crippen molar-refractivity contribution in [2.45, 2.75) is 0 Å². The van der Waals surface area contributed by atoms with Crippen molar-refractivity contribution in [3.8, 4) is 0 Å². The van der Waals surface area contributed by atoms with Crippen molar-refractivity contribution in [3.05, 3.63) is 60.2 Å². The van der Waals surface area contributed by atoms with Crippen LogP contribution in [0.5, 0.6) is 0 Å². The lowest BCUT2D eigenvalue weighted by molar-refractivity contribution is 0.0602. The number of benzene rings is 2. The van der Waals surface area contributed by atoms with E-state index in [-0.39, 0.29) is 0 Å². The zero-order valence-electron chi connectivity index (χ0n) is 10.9. The van der Waals surface area contributed by atoms with Gasteiger partial charge >= 0.3 is 12.0 Å². The van der Waals surface area contributed by atoms with Crippen LogP contribution in [0.3, 0.4) is 0 Å². The number of urea groups is 1.